The van der Waals surface area contributed by atoms with E-state index >= 15 is 0 Å². The number of aromatic carboxylic acids is 1. The lowest BCUT2D eigenvalue weighted by atomic mass is 10.0. The summed E-state index contributed by atoms with van der Waals surface area (Å²) in [7, 11) is 0. The molecule has 0 amide bonds. The summed E-state index contributed by atoms with van der Waals surface area (Å²) in [5, 5.41) is 14.7. The zero-order valence-corrected chi connectivity index (χ0v) is 12.1. The van der Waals surface area contributed by atoms with Gasteiger partial charge >= 0.3 is 5.97 Å². The van der Waals surface area contributed by atoms with Gasteiger partial charge in [0.2, 0.25) is 5.69 Å². The molecule has 0 atom stereocenters. The zero-order chi connectivity index (χ0) is 14.3. The smallest absolute Gasteiger partial charge is 0.359 e. The third kappa shape index (κ3) is 2.10. The van der Waals surface area contributed by atoms with Crippen molar-refractivity contribution in [3.63, 3.8) is 0 Å². The van der Waals surface area contributed by atoms with Crippen LogP contribution in [0.2, 0.25) is 0 Å². The van der Waals surface area contributed by atoms with E-state index in [2.05, 4.69) is 27.2 Å². The third-order valence-electron chi connectivity index (χ3n) is 3.10. The first kappa shape index (κ1) is 12.9. The molecule has 0 fully saturated rings. The molecule has 1 N–H and O–H groups in total. The fraction of sp³-hybridized carbons (Fsp3) is 0.0667. The van der Waals surface area contributed by atoms with Gasteiger partial charge in [-0.3, -0.25) is 0 Å². The maximum absolute atomic E-state index is 11.0. The number of carbonyl (C=O) groups is 1. The van der Waals surface area contributed by atoms with E-state index in [1.165, 1.54) is 5.56 Å². The second kappa shape index (κ2) is 4.76. The number of fused-ring (bicyclic) bond motifs is 1. The SMILES string of the molecule is Cc1ccc2cc(-c3onc(C(=O)O)c3Br)ccc2c1. The highest BCUT2D eigenvalue weighted by molar-refractivity contribution is 9.10. The Labute approximate surface area is 123 Å². The maximum Gasteiger partial charge on any atom is 0.359 e. The van der Waals surface area contributed by atoms with Crippen LogP contribution in [0, 0.1) is 6.92 Å². The van der Waals surface area contributed by atoms with E-state index in [0.717, 1.165) is 16.3 Å². The van der Waals surface area contributed by atoms with Crippen molar-refractivity contribution >= 4 is 32.7 Å². The Bertz CT molecular complexity index is 823. The lowest BCUT2D eigenvalue weighted by Gasteiger charge is -2.02. The summed E-state index contributed by atoms with van der Waals surface area (Å²) in [6.07, 6.45) is 0. The summed E-state index contributed by atoms with van der Waals surface area (Å²) < 4.78 is 5.50. The van der Waals surface area contributed by atoms with Gasteiger partial charge in [-0.05, 0) is 39.7 Å². The summed E-state index contributed by atoms with van der Waals surface area (Å²) in [6, 6.07) is 12.0. The predicted molar refractivity (Wildman–Crippen MR) is 78.8 cm³/mol. The quantitative estimate of drug-likeness (QED) is 0.761. The normalized spacial score (nSPS) is 10.9. The Morgan fingerprint density at radius 3 is 2.60 bits per heavy atom. The first-order chi connectivity index (χ1) is 9.56. The van der Waals surface area contributed by atoms with Crippen molar-refractivity contribution in [2.75, 3.05) is 0 Å². The first-order valence-electron chi connectivity index (χ1n) is 5.95. The number of rotatable bonds is 2. The summed E-state index contributed by atoms with van der Waals surface area (Å²) in [6.45, 7) is 2.04. The van der Waals surface area contributed by atoms with Gasteiger partial charge in [-0.25, -0.2) is 4.79 Å². The molecule has 0 radical (unpaired) electrons. The van der Waals surface area contributed by atoms with Gasteiger partial charge in [0, 0.05) is 5.56 Å². The van der Waals surface area contributed by atoms with Gasteiger partial charge in [0.1, 0.15) is 4.47 Å². The Morgan fingerprint density at radius 1 is 1.20 bits per heavy atom. The van der Waals surface area contributed by atoms with Gasteiger partial charge in [-0.15, -0.1) is 0 Å². The molecular formula is C15H10BrNO3. The van der Waals surface area contributed by atoms with Crippen LogP contribution < -0.4 is 0 Å². The van der Waals surface area contributed by atoms with Crippen LogP contribution in [0.25, 0.3) is 22.1 Å². The monoisotopic (exact) mass is 331 g/mol. The molecule has 0 aliphatic carbocycles. The van der Waals surface area contributed by atoms with E-state index in [0.29, 0.717) is 10.2 Å². The fourth-order valence-electron chi connectivity index (χ4n) is 2.10. The average molecular weight is 332 g/mol. The van der Waals surface area contributed by atoms with E-state index in [1.54, 1.807) is 0 Å². The lowest BCUT2D eigenvalue weighted by Crippen LogP contribution is -1.96. The summed E-state index contributed by atoms with van der Waals surface area (Å²) in [5.74, 6) is -0.701. The third-order valence-corrected chi connectivity index (χ3v) is 3.83. The molecule has 0 unspecified atom stereocenters. The Kier molecular flexibility index (Phi) is 3.06. The molecule has 0 aliphatic heterocycles. The van der Waals surface area contributed by atoms with Crippen LogP contribution in [-0.2, 0) is 0 Å². The van der Waals surface area contributed by atoms with Crippen molar-refractivity contribution < 1.29 is 14.4 Å². The molecule has 0 saturated carbocycles. The van der Waals surface area contributed by atoms with Crippen molar-refractivity contribution in [2.24, 2.45) is 0 Å². The molecule has 5 heteroatoms. The highest BCUT2D eigenvalue weighted by Crippen LogP contribution is 2.33. The van der Waals surface area contributed by atoms with Crippen molar-refractivity contribution in [2.45, 2.75) is 6.92 Å². The highest BCUT2D eigenvalue weighted by Gasteiger charge is 2.20. The van der Waals surface area contributed by atoms with E-state index < -0.39 is 5.97 Å². The molecule has 2 aromatic carbocycles. The van der Waals surface area contributed by atoms with E-state index in [9.17, 15) is 4.79 Å². The molecule has 3 aromatic rings. The molecule has 1 aromatic heterocycles. The second-order valence-electron chi connectivity index (χ2n) is 4.54. The number of hydrogen-bond donors (Lipinski definition) is 1. The van der Waals surface area contributed by atoms with E-state index in [1.807, 2.05) is 37.3 Å². The molecular weight excluding hydrogens is 322 g/mol. The number of carboxylic acid groups (broad SMARTS) is 1. The maximum atomic E-state index is 11.0. The predicted octanol–water partition coefficient (Wildman–Crippen LogP) is 4.26. The fourth-order valence-corrected chi connectivity index (χ4v) is 2.64. The van der Waals surface area contributed by atoms with E-state index in [-0.39, 0.29) is 5.69 Å². The van der Waals surface area contributed by atoms with Crippen molar-refractivity contribution in [3.8, 4) is 11.3 Å². The van der Waals surface area contributed by atoms with Gasteiger partial charge < -0.3 is 9.63 Å². The highest BCUT2D eigenvalue weighted by atomic mass is 79.9. The molecule has 4 nitrogen and oxygen atoms in total. The van der Waals surface area contributed by atoms with Crippen LogP contribution in [-0.4, -0.2) is 16.2 Å². The zero-order valence-electron chi connectivity index (χ0n) is 10.6. The van der Waals surface area contributed by atoms with Crippen LogP contribution >= 0.6 is 15.9 Å². The Hall–Kier alpha value is -2.14. The minimum atomic E-state index is -1.12. The molecule has 0 bridgehead atoms. The standard InChI is InChI=1S/C15H10BrNO3/c1-8-2-3-10-7-11(5-4-9(10)6-8)14-12(16)13(15(18)19)17-20-14/h2-7H,1H3,(H,18,19). The largest absolute Gasteiger partial charge is 0.476 e. The number of aromatic nitrogens is 1. The molecule has 100 valence electrons. The van der Waals surface area contributed by atoms with Crippen molar-refractivity contribution in [1.82, 2.24) is 5.16 Å². The molecule has 3 rings (SSSR count). The number of halogens is 1. The summed E-state index contributed by atoms with van der Waals surface area (Å²) in [5.41, 5.74) is 1.86. The molecule has 1 heterocycles. The van der Waals surface area contributed by atoms with Crippen LogP contribution in [0.5, 0.6) is 0 Å². The van der Waals surface area contributed by atoms with Gasteiger partial charge in [-0.2, -0.15) is 0 Å². The first-order valence-corrected chi connectivity index (χ1v) is 6.75. The van der Waals surface area contributed by atoms with Crippen LogP contribution in [0.3, 0.4) is 0 Å². The minimum Gasteiger partial charge on any atom is -0.476 e. The molecule has 0 spiro atoms. The number of nitrogens with zero attached hydrogens (tertiary/aromatic N) is 1. The Morgan fingerprint density at radius 2 is 1.90 bits per heavy atom. The van der Waals surface area contributed by atoms with Gasteiger partial charge in [-0.1, -0.05) is 41.1 Å². The van der Waals surface area contributed by atoms with Crippen molar-refractivity contribution in [3.05, 3.63) is 52.1 Å². The molecule has 20 heavy (non-hydrogen) atoms. The van der Waals surface area contributed by atoms with Gasteiger partial charge in [0.25, 0.3) is 0 Å². The van der Waals surface area contributed by atoms with E-state index in [4.69, 9.17) is 9.63 Å². The van der Waals surface area contributed by atoms with Crippen LogP contribution in [0.1, 0.15) is 16.1 Å². The molecule has 0 aliphatic rings. The summed E-state index contributed by atoms with van der Waals surface area (Å²) >= 11 is 3.23. The number of carboxylic acids is 1. The summed E-state index contributed by atoms with van der Waals surface area (Å²) in [4.78, 5) is 11.0. The second-order valence-corrected chi connectivity index (χ2v) is 5.34. The Balaban J connectivity index is 2.15. The van der Waals surface area contributed by atoms with Crippen molar-refractivity contribution in [1.29, 1.82) is 0 Å². The van der Waals surface area contributed by atoms with Crippen LogP contribution in [0.4, 0.5) is 0 Å². The minimum absolute atomic E-state index is 0.121. The number of benzene rings is 2. The average Bonchev–Trinajstić information content (AvgIpc) is 2.80. The number of hydrogen-bond acceptors (Lipinski definition) is 3. The topological polar surface area (TPSA) is 63.3 Å². The number of aryl methyl sites for hydroxylation is 1. The lowest BCUT2D eigenvalue weighted by molar-refractivity contribution is 0.0685. The molecule has 0 saturated heterocycles. The van der Waals surface area contributed by atoms with Gasteiger partial charge in [0.15, 0.2) is 5.76 Å². The van der Waals surface area contributed by atoms with Crippen LogP contribution in [0.15, 0.2) is 45.4 Å². The van der Waals surface area contributed by atoms with Gasteiger partial charge in [0.05, 0.1) is 0 Å².